The van der Waals surface area contributed by atoms with Crippen LogP contribution in [0.4, 0.5) is 0 Å². The molecule has 3 rings (SSSR count). The van der Waals surface area contributed by atoms with Crippen LogP contribution in [-0.4, -0.2) is 44.3 Å². The predicted molar refractivity (Wildman–Crippen MR) is 145 cm³/mol. The Morgan fingerprint density at radius 3 is 1.90 bits per heavy atom. The third kappa shape index (κ3) is 6.66. The molecule has 11 heteroatoms. The maximum atomic E-state index is 13.1. The van der Waals surface area contributed by atoms with Gasteiger partial charge in [-0.3, -0.25) is 9.59 Å². The van der Waals surface area contributed by atoms with Gasteiger partial charge in [-0.1, -0.05) is 42.3 Å². The van der Waals surface area contributed by atoms with Gasteiger partial charge in [0.15, 0.2) is 11.9 Å². The molecule has 208 valence electrons. The number of carbonyl (C=O) groups is 2. The van der Waals surface area contributed by atoms with Crippen LogP contribution < -0.4 is 18.9 Å². The Morgan fingerprint density at radius 1 is 0.897 bits per heavy atom. The molecule has 1 N–H and O–H groups in total. The van der Waals surface area contributed by atoms with E-state index in [1.807, 2.05) is 0 Å². The number of ether oxygens (including phenoxy) is 4. The number of rotatable bonds is 11. The fourth-order valence-corrected chi connectivity index (χ4v) is 4.64. The number of pyridine rings is 1. The van der Waals surface area contributed by atoms with Crippen LogP contribution in [-0.2, 0) is 9.53 Å². The lowest BCUT2D eigenvalue weighted by atomic mass is 9.85. The average Bonchev–Trinajstić information content (AvgIpc) is 2.90. The zero-order chi connectivity index (χ0) is 28.9. The lowest BCUT2D eigenvalue weighted by Crippen LogP contribution is -2.35. The largest absolute Gasteiger partial charge is 0.618 e. The van der Waals surface area contributed by atoms with Gasteiger partial charge in [0.2, 0.25) is 11.5 Å². The smallest absolute Gasteiger partial charge is 0.309 e. The van der Waals surface area contributed by atoms with Crippen molar-refractivity contribution in [2.45, 2.75) is 32.3 Å². The van der Waals surface area contributed by atoms with Crippen molar-refractivity contribution in [3.05, 3.63) is 80.7 Å². The van der Waals surface area contributed by atoms with E-state index in [0.29, 0.717) is 32.7 Å². The van der Waals surface area contributed by atoms with Gasteiger partial charge >= 0.3 is 11.7 Å². The van der Waals surface area contributed by atoms with Gasteiger partial charge in [0, 0.05) is 33.7 Å². The van der Waals surface area contributed by atoms with Gasteiger partial charge in [0.25, 0.3) is 0 Å². The number of aromatic nitrogens is 1. The summed E-state index contributed by atoms with van der Waals surface area (Å²) in [7, 11) is 4.31. The van der Waals surface area contributed by atoms with Gasteiger partial charge in [-0.25, -0.2) is 0 Å². The lowest BCUT2D eigenvalue weighted by molar-refractivity contribution is -0.608. The highest BCUT2D eigenvalue weighted by molar-refractivity contribution is 6.31. The Hall–Kier alpha value is -3.69. The Bertz CT molecular complexity index is 1310. The minimum atomic E-state index is -0.939. The minimum Gasteiger partial charge on any atom is -0.618 e. The van der Waals surface area contributed by atoms with Crippen molar-refractivity contribution in [3.63, 3.8) is 0 Å². The van der Waals surface area contributed by atoms with Crippen LogP contribution in [0.2, 0.25) is 10.0 Å². The molecule has 0 fully saturated rings. The quantitative estimate of drug-likeness (QED) is 0.140. The number of aromatic hydroxyl groups is 1. The van der Waals surface area contributed by atoms with E-state index in [1.54, 1.807) is 43.3 Å². The first kappa shape index (κ1) is 29.9. The van der Waals surface area contributed by atoms with E-state index in [4.69, 9.17) is 42.1 Å². The molecule has 0 saturated carbocycles. The number of ketones is 1. The highest BCUT2D eigenvalue weighted by atomic mass is 35.5. The second kappa shape index (κ2) is 12.9. The molecule has 0 aliphatic rings. The summed E-state index contributed by atoms with van der Waals surface area (Å²) in [5.41, 5.74) is 0.845. The minimum absolute atomic E-state index is 0.0361. The third-order valence-corrected chi connectivity index (χ3v) is 6.72. The average molecular weight is 578 g/mol. The number of esters is 1. The topological polar surface area (TPSA) is 118 Å². The molecular formula is C28H29Cl2NO8. The second-order valence-corrected chi connectivity index (χ2v) is 9.70. The summed E-state index contributed by atoms with van der Waals surface area (Å²) in [6, 6.07) is 11.5. The van der Waals surface area contributed by atoms with E-state index >= 15 is 0 Å². The molecule has 0 aliphatic carbocycles. The van der Waals surface area contributed by atoms with Gasteiger partial charge < -0.3 is 29.3 Å². The summed E-state index contributed by atoms with van der Waals surface area (Å²) in [6.07, 6.45) is -0.108. The number of nitrogens with zero attached hydrogens (tertiary/aromatic N) is 1. The summed E-state index contributed by atoms with van der Waals surface area (Å²) in [5.74, 6) is -2.61. The van der Waals surface area contributed by atoms with E-state index < -0.39 is 41.1 Å². The van der Waals surface area contributed by atoms with Crippen LogP contribution in [0.3, 0.4) is 0 Å². The molecule has 39 heavy (non-hydrogen) atoms. The number of hydrogen-bond acceptors (Lipinski definition) is 8. The summed E-state index contributed by atoms with van der Waals surface area (Å²) >= 11 is 12.4. The highest BCUT2D eigenvalue weighted by Gasteiger charge is 2.33. The van der Waals surface area contributed by atoms with E-state index in [0.717, 1.165) is 6.20 Å². The van der Waals surface area contributed by atoms with E-state index in [2.05, 4.69) is 0 Å². The Labute approximate surface area is 236 Å². The number of hydrogen-bond donors (Lipinski definition) is 1. The van der Waals surface area contributed by atoms with Gasteiger partial charge in [0.05, 0.1) is 33.2 Å². The van der Waals surface area contributed by atoms with Crippen molar-refractivity contribution in [2.75, 3.05) is 21.3 Å². The number of benzene rings is 2. The van der Waals surface area contributed by atoms with Gasteiger partial charge in [-0.2, -0.15) is 4.73 Å². The van der Waals surface area contributed by atoms with Crippen LogP contribution in [0.15, 0.2) is 48.7 Å². The summed E-state index contributed by atoms with van der Waals surface area (Å²) in [4.78, 5) is 26.0. The Morgan fingerprint density at radius 2 is 1.41 bits per heavy atom. The molecule has 0 spiro atoms. The Balaban J connectivity index is 1.91. The molecule has 2 aromatic carbocycles. The number of halogens is 2. The van der Waals surface area contributed by atoms with Crippen LogP contribution in [0.25, 0.3) is 0 Å². The number of Topliss-reactive ketones (excluding diaryl/α,β-unsaturated/α-hetero) is 1. The van der Waals surface area contributed by atoms with Crippen molar-refractivity contribution in [3.8, 4) is 23.0 Å². The molecule has 2 atom stereocenters. The summed E-state index contributed by atoms with van der Waals surface area (Å²) in [5, 5.41) is 23.4. The third-order valence-electron chi connectivity index (χ3n) is 6.25. The van der Waals surface area contributed by atoms with Crippen molar-refractivity contribution >= 4 is 35.0 Å². The molecule has 0 amide bonds. The lowest BCUT2D eigenvalue weighted by Gasteiger charge is -2.28. The van der Waals surface area contributed by atoms with Crippen LogP contribution in [0.5, 0.6) is 23.0 Å². The predicted octanol–water partition coefficient (Wildman–Crippen LogP) is 5.33. The van der Waals surface area contributed by atoms with E-state index in [-0.39, 0.29) is 16.9 Å². The van der Waals surface area contributed by atoms with Crippen LogP contribution in [0, 0.1) is 11.1 Å². The van der Waals surface area contributed by atoms with Gasteiger partial charge in [0.1, 0.15) is 17.6 Å². The zero-order valence-corrected chi connectivity index (χ0v) is 23.6. The fourth-order valence-electron chi connectivity index (χ4n) is 4.31. The maximum Gasteiger partial charge on any atom is 0.309 e. The molecule has 0 aliphatic heterocycles. The van der Waals surface area contributed by atoms with E-state index in [9.17, 15) is 19.9 Å². The highest BCUT2D eigenvalue weighted by Crippen LogP contribution is 2.41. The molecular weight excluding hydrogens is 549 g/mol. The van der Waals surface area contributed by atoms with Crippen molar-refractivity contribution < 1.29 is 38.4 Å². The molecule has 0 saturated heterocycles. The molecule has 0 unspecified atom stereocenters. The molecule has 0 radical (unpaired) electrons. The SMILES string of the molecule is COc1cc(Cl)ccc1C(c1ccc(Cl)cc1OC)[C@H](C)OC(=O)[C@H](C)CC(=O)c1c(O)c(OC)cc[n+]1[O-]. The molecule has 1 heterocycles. The first-order valence-electron chi connectivity index (χ1n) is 11.9. The maximum absolute atomic E-state index is 13.1. The zero-order valence-electron chi connectivity index (χ0n) is 22.1. The molecule has 3 aromatic rings. The summed E-state index contributed by atoms with van der Waals surface area (Å²) in [6.45, 7) is 3.21. The Kier molecular flexibility index (Phi) is 9.88. The molecule has 1 aromatic heterocycles. The normalized spacial score (nSPS) is 12.5. The monoisotopic (exact) mass is 577 g/mol. The van der Waals surface area contributed by atoms with Crippen molar-refractivity contribution in [1.29, 1.82) is 0 Å². The second-order valence-electron chi connectivity index (χ2n) is 8.83. The standard InChI is InChI=1S/C28H29Cl2NO8/c1-15(12-21(32)26-27(33)22(36-3)10-11-31(26)35)28(34)39-16(2)25(19-8-6-17(29)13-23(19)37-4)20-9-7-18(30)14-24(20)38-5/h6-11,13-16,25,33H,12H2,1-5H3/t15-,16+/m1/s1. The molecule has 0 bridgehead atoms. The van der Waals surface area contributed by atoms with Crippen LogP contribution >= 0.6 is 23.2 Å². The van der Waals surface area contributed by atoms with Crippen molar-refractivity contribution in [2.24, 2.45) is 5.92 Å². The number of carbonyl (C=O) groups excluding carboxylic acids is 2. The van der Waals surface area contributed by atoms with E-state index in [1.165, 1.54) is 34.3 Å². The molecule has 9 nitrogen and oxygen atoms in total. The first-order valence-corrected chi connectivity index (χ1v) is 12.7. The fraction of sp³-hybridized carbons (Fsp3) is 0.321. The van der Waals surface area contributed by atoms with Gasteiger partial charge in [-0.15, -0.1) is 0 Å². The van der Waals surface area contributed by atoms with Gasteiger partial charge in [-0.05, 0) is 31.2 Å². The summed E-state index contributed by atoms with van der Waals surface area (Å²) < 4.78 is 22.2. The first-order chi connectivity index (χ1) is 18.5. The number of methoxy groups -OCH3 is 3. The van der Waals surface area contributed by atoms with Crippen molar-refractivity contribution in [1.82, 2.24) is 0 Å². The van der Waals surface area contributed by atoms with Crippen LogP contribution in [0.1, 0.15) is 47.8 Å².